The molecule has 0 aromatic rings. The van der Waals surface area contributed by atoms with Crippen molar-refractivity contribution in [3.8, 4) is 0 Å². The molecule has 1 saturated heterocycles. The van der Waals surface area contributed by atoms with E-state index in [1.54, 1.807) is 0 Å². The number of aliphatic hydroxyl groups is 2. The molecular formula is C8H18N2O7. The van der Waals surface area contributed by atoms with Gasteiger partial charge >= 0.3 is 0 Å². The van der Waals surface area contributed by atoms with Gasteiger partial charge < -0.3 is 30.4 Å². The maximum absolute atomic E-state index is 11.3. The van der Waals surface area contributed by atoms with E-state index in [2.05, 4.69) is 0 Å². The van der Waals surface area contributed by atoms with Gasteiger partial charge in [-0.2, -0.15) is 5.23 Å². The van der Waals surface area contributed by atoms with Crippen LogP contribution in [0.3, 0.4) is 0 Å². The Morgan fingerprint density at radius 1 is 1.53 bits per heavy atom. The van der Waals surface area contributed by atoms with E-state index in [0.29, 0.717) is 0 Å². The van der Waals surface area contributed by atoms with E-state index < -0.39 is 41.1 Å². The molecule has 0 aromatic heterocycles. The van der Waals surface area contributed by atoms with Crippen LogP contribution in [0.1, 0.15) is 6.42 Å². The number of likely N-dealkylation sites (N-methyl/N-ethyl adjacent to an activating group) is 1. The molecule has 1 aliphatic heterocycles. The SMILES string of the molecule is CO[C@H]1OC([NH+]([O-])O)[C@@H]([NH+](C)[O-])CC1(O)CO. The molecule has 102 valence electrons. The molecule has 9 heteroatoms. The Balaban J connectivity index is 2.92. The average molecular weight is 254 g/mol. The van der Waals surface area contributed by atoms with Crippen molar-refractivity contribution >= 4 is 0 Å². The number of hydrogen-bond acceptors (Lipinski definition) is 7. The van der Waals surface area contributed by atoms with E-state index in [4.69, 9.17) is 19.8 Å². The Morgan fingerprint density at radius 2 is 2.12 bits per heavy atom. The summed E-state index contributed by atoms with van der Waals surface area (Å²) in [6.45, 7) is -0.679. The first-order valence-corrected chi connectivity index (χ1v) is 5.10. The van der Waals surface area contributed by atoms with Gasteiger partial charge in [-0.3, -0.25) is 4.74 Å². The number of rotatable bonds is 4. The van der Waals surface area contributed by atoms with Gasteiger partial charge in [-0.15, -0.1) is 0 Å². The number of nitrogens with one attached hydrogen (secondary N) is 2. The fourth-order valence-electron chi connectivity index (χ4n) is 1.94. The Kier molecular flexibility index (Phi) is 4.77. The molecule has 0 saturated carbocycles. The second kappa shape index (κ2) is 5.52. The summed E-state index contributed by atoms with van der Waals surface area (Å²) in [6.07, 6.45) is -2.86. The van der Waals surface area contributed by atoms with Crippen LogP contribution in [0, 0.1) is 10.4 Å². The topological polar surface area (TPSA) is 134 Å². The van der Waals surface area contributed by atoms with E-state index in [-0.39, 0.29) is 6.42 Å². The minimum atomic E-state index is -1.77. The Bertz CT molecular complexity index is 252. The molecule has 0 amide bonds. The molecule has 0 spiro atoms. The number of ether oxygens (including phenoxy) is 2. The van der Waals surface area contributed by atoms with Crippen LogP contribution in [0.25, 0.3) is 0 Å². The average Bonchev–Trinajstić information content (AvgIpc) is 2.28. The third kappa shape index (κ3) is 2.91. The number of hydrogen-bond donors (Lipinski definition) is 5. The highest BCUT2D eigenvalue weighted by molar-refractivity contribution is 4.90. The van der Waals surface area contributed by atoms with E-state index in [9.17, 15) is 15.5 Å². The Morgan fingerprint density at radius 3 is 2.47 bits per heavy atom. The highest BCUT2D eigenvalue weighted by Gasteiger charge is 2.53. The first-order valence-electron chi connectivity index (χ1n) is 5.10. The largest absolute Gasteiger partial charge is 0.634 e. The molecule has 0 aromatic carbocycles. The summed E-state index contributed by atoms with van der Waals surface area (Å²) in [5.41, 5.74) is -1.77. The summed E-state index contributed by atoms with van der Waals surface area (Å²) in [7, 11) is 2.44. The first kappa shape index (κ1) is 14.7. The van der Waals surface area contributed by atoms with Gasteiger partial charge in [0.25, 0.3) is 6.23 Å². The summed E-state index contributed by atoms with van der Waals surface area (Å²) in [6, 6.07) is -1.00. The number of aliphatic hydroxyl groups excluding tert-OH is 1. The second-order valence-corrected chi connectivity index (χ2v) is 4.15. The molecule has 1 aliphatic rings. The summed E-state index contributed by atoms with van der Waals surface area (Å²) >= 11 is 0. The van der Waals surface area contributed by atoms with Gasteiger partial charge in [-0.05, 0) is 0 Å². The van der Waals surface area contributed by atoms with E-state index in [1.165, 1.54) is 14.2 Å². The monoisotopic (exact) mass is 254 g/mol. The zero-order valence-corrected chi connectivity index (χ0v) is 9.62. The summed E-state index contributed by atoms with van der Waals surface area (Å²) < 4.78 is 9.82. The number of methoxy groups -OCH3 is 1. The molecule has 1 heterocycles. The van der Waals surface area contributed by atoms with E-state index >= 15 is 0 Å². The van der Waals surface area contributed by atoms with Crippen LogP contribution in [-0.2, 0) is 9.47 Å². The van der Waals surface area contributed by atoms with Crippen LogP contribution in [0.4, 0.5) is 0 Å². The van der Waals surface area contributed by atoms with E-state index in [0.717, 1.165) is 0 Å². The third-order valence-electron chi connectivity index (χ3n) is 2.90. The lowest BCUT2D eigenvalue weighted by Gasteiger charge is -2.46. The van der Waals surface area contributed by atoms with Crippen molar-refractivity contribution in [2.24, 2.45) is 0 Å². The number of quaternary nitrogens is 2. The van der Waals surface area contributed by atoms with Gasteiger partial charge in [0, 0.05) is 13.5 Å². The maximum Gasteiger partial charge on any atom is 0.277 e. The van der Waals surface area contributed by atoms with Crippen molar-refractivity contribution in [3.63, 3.8) is 0 Å². The van der Waals surface area contributed by atoms with Gasteiger partial charge in [0.05, 0.1) is 13.7 Å². The Hall–Kier alpha value is -0.360. The van der Waals surface area contributed by atoms with Crippen LogP contribution < -0.4 is 10.3 Å². The Labute approximate surface area is 97.9 Å². The van der Waals surface area contributed by atoms with Crippen LogP contribution in [-0.4, -0.2) is 60.3 Å². The van der Waals surface area contributed by atoms with Crippen molar-refractivity contribution in [2.75, 3.05) is 20.8 Å². The van der Waals surface area contributed by atoms with E-state index in [1.807, 2.05) is 0 Å². The molecule has 17 heavy (non-hydrogen) atoms. The van der Waals surface area contributed by atoms with Crippen LogP contribution in [0.15, 0.2) is 0 Å². The maximum atomic E-state index is 11.3. The van der Waals surface area contributed by atoms with Crippen molar-refractivity contribution in [3.05, 3.63) is 10.4 Å². The smallest absolute Gasteiger partial charge is 0.277 e. The van der Waals surface area contributed by atoms with Crippen molar-refractivity contribution < 1.29 is 35.2 Å². The minimum Gasteiger partial charge on any atom is -0.634 e. The van der Waals surface area contributed by atoms with Crippen LogP contribution in [0.5, 0.6) is 0 Å². The highest BCUT2D eigenvalue weighted by Crippen LogP contribution is 2.26. The van der Waals surface area contributed by atoms with Gasteiger partial charge in [-0.1, -0.05) is 0 Å². The van der Waals surface area contributed by atoms with Crippen LogP contribution >= 0.6 is 0 Å². The minimum absolute atomic E-state index is 0.214. The number of hydroxylamine groups is 4. The van der Waals surface area contributed by atoms with Crippen LogP contribution in [0.2, 0.25) is 0 Å². The van der Waals surface area contributed by atoms with Gasteiger partial charge in [0.15, 0.2) is 12.3 Å². The lowest BCUT2D eigenvalue weighted by molar-refractivity contribution is -1.10. The summed E-state index contributed by atoms with van der Waals surface area (Å²) in [5.74, 6) is 0. The quantitative estimate of drug-likeness (QED) is 0.320. The molecular weight excluding hydrogens is 236 g/mol. The van der Waals surface area contributed by atoms with Crippen molar-refractivity contribution in [2.45, 2.75) is 30.6 Å². The normalized spacial score (nSPS) is 42.2. The fraction of sp³-hybridized carbons (Fsp3) is 1.00. The molecule has 5 N–H and O–H groups in total. The predicted octanol–water partition coefficient (Wildman–Crippen LogP) is -4.42. The lowest BCUT2D eigenvalue weighted by atomic mass is 9.91. The van der Waals surface area contributed by atoms with Gasteiger partial charge in [-0.25, -0.2) is 5.21 Å². The molecule has 0 radical (unpaired) electrons. The predicted molar refractivity (Wildman–Crippen MR) is 52.5 cm³/mol. The summed E-state index contributed by atoms with van der Waals surface area (Å²) in [5, 5.41) is 48.6. The third-order valence-corrected chi connectivity index (χ3v) is 2.90. The van der Waals surface area contributed by atoms with Gasteiger partial charge in [0.2, 0.25) is 0 Å². The standard InChI is InChI=1S/C8H18N2O7/c1-9(13)5-3-8(12,4-11)7(16-2)17-6(5)10(14)15/h5-7,9-12,14H,3-4H2,1-2H3/t5-,6?,7-,8?/m0/s1. The molecule has 1 rings (SSSR count). The molecule has 0 bridgehead atoms. The van der Waals surface area contributed by atoms with Crippen molar-refractivity contribution in [1.82, 2.24) is 0 Å². The molecule has 6 atom stereocenters. The molecule has 9 nitrogen and oxygen atoms in total. The molecule has 1 fully saturated rings. The first-order chi connectivity index (χ1) is 7.85. The lowest BCUT2D eigenvalue weighted by Crippen LogP contribution is -3.21. The second-order valence-electron chi connectivity index (χ2n) is 4.15. The zero-order chi connectivity index (χ0) is 13.2. The molecule has 0 aliphatic carbocycles. The fourth-order valence-corrected chi connectivity index (χ4v) is 1.94. The molecule has 4 unspecified atom stereocenters. The zero-order valence-electron chi connectivity index (χ0n) is 9.62. The van der Waals surface area contributed by atoms with Crippen molar-refractivity contribution in [1.29, 1.82) is 0 Å². The van der Waals surface area contributed by atoms with Gasteiger partial charge in [0.1, 0.15) is 5.60 Å². The highest BCUT2D eigenvalue weighted by atomic mass is 16.8. The summed E-state index contributed by atoms with van der Waals surface area (Å²) in [4.78, 5) is 0.